The van der Waals surface area contributed by atoms with E-state index in [1.807, 2.05) is 18.2 Å². The Morgan fingerprint density at radius 2 is 2.05 bits per heavy atom. The number of anilines is 1. The lowest BCUT2D eigenvalue weighted by molar-refractivity contribution is 0.594. The van der Waals surface area contributed by atoms with Gasteiger partial charge in [0.25, 0.3) is 5.56 Å². The first kappa shape index (κ1) is 13.8. The van der Waals surface area contributed by atoms with Crippen LogP contribution < -0.4 is 10.5 Å². The molecule has 0 amide bonds. The van der Waals surface area contributed by atoms with E-state index < -0.39 is 0 Å². The minimum absolute atomic E-state index is 0.135. The molecule has 0 spiro atoms. The number of nitrogens with one attached hydrogen (secondary N) is 1. The highest BCUT2D eigenvalue weighted by Gasteiger charge is 2.13. The predicted octanol–water partition coefficient (Wildman–Crippen LogP) is 3.20. The molecule has 21 heavy (non-hydrogen) atoms. The van der Waals surface area contributed by atoms with Crippen LogP contribution in [0, 0.1) is 4.77 Å². The van der Waals surface area contributed by atoms with E-state index in [1.54, 1.807) is 6.07 Å². The molecule has 0 saturated carbocycles. The van der Waals surface area contributed by atoms with Crippen LogP contribution in [0.4, 0.5) is 5.69 Å². The van der Waals surface area contributed by atoms with E-state index in [9.17, 15) is 4.79 Å². The minimum Gasteiger partial charge on any atom is -0.437 e. The Hall–Kier alpha value is -2.21. The van der Waals surface area contributed by atoms with Gasteiger partial charge in [-0.25, -0.2) is 0 Å². The third-order valence-corrected chi connectivity index (χ3v) is 3.72. The van der Waals surface area contributed by atoms with E-state index in [2.05, 4.69) is 28.7 Å². The zero-order valence-electron chi connectivity index (χ0n) is 11.8. The van der Waals surface area contributed by atoms with Gasteiger partial charge in [0.2, 0.25) is 10.7 Å². The maximum Gasteiger partial charge on any atom is 0.262 e. The van der Waals surface area contributed by atoms with Gasteiger partial charge in [0.15, 0.2) is 0 Å². The van der Waals surface area contributed by atoms with Crippen molar-refractivity contribution < 1.29 is 4.42 Å². The van der Waals surface area contributed by atoms with Gasteiger partial charge in [0.1, 0.15) is 11.1 Å². The molecule has 1 N–H and O–H groups in total. The Labute approximate surface area is 126 Å². The summed E-state index contributed by atoms with van der Waals surface area (Å²) in [5.41, 5.74) is 1.91. The molecule has 6 heteroatoms. The molecular formula is C15H15N3O2S. The molecule has 0 aromatic heterocycles. The van der Waals surface area contributed by atoms with E-state index in [-0.39, 0.29) is 16.2 Å². The van der Waals surface area contributed by atoms with Crippen LogP contribution in [0.3, 0.4) is 0 Å². The fraction of sp³-hybridized carbons (Fsp3) is 0.267. The lowest BCUT2D eigenvalue weighted by atomic mass is 10.1. The van der Waals surface area contributed by atoms with E-state index >= 15 is 0 Å². The number of H-pyrrole nitrogens is 1. The van der Waals surface area contributed by atoms with Crippen molar-refractivity contribution in [3.8, 4) is 11.5 Å². The predicted molar refractivity (Wildman–Crippen MR) is 85.6 cm³/mol. The Kier molecular flexibility index (Phi) is 3.47. The standard InChI is InChI=1S/C15H15N3O2S/c1-3-18(4-2)10-6-5-9-7-11-13(19)16-15(21)17-14(11)20-12(9)8-10/h5-8H,3-4H2,1-2H3,(H,16,19,21). The number of benzene rings is 1. The van der Waals surface area contributed by atoms with Crippen LogP contribution >= 0.6 is 12.2 Å². The highest BCUT2D eigenvalue weighted by Crippen LogP contribution is 2.27. The molecule has 0 radical (unpaired) electrons. The Bertz CT molecular complexity index is 880. The number of nitrogens with zero attached hydrogens (tertiary/aromatic N) is 2. The van der Waals surface area contributed by atoms with Gasteiger partial charge in [-0.3, -0.25) is 9.78 Å². The second kappa shape index (κ2) is 5.29. The fourth-order valence-electron chi connectivity index (χ4n) is 2.42. The molecule has 1 aromatic rings. The number of hydrogen-bond acceptors (Lipinski definition) is 5. The van der Waals surface area contributed by atoms with Gasteiger partial charge in [-0.1, -0.05) is 0 Å². The molecule has 108 valence electrons. The van der Waals surface area contributed by atoms with Crippen LogP contribution in [0.25, 0.3) is 22.4 Å². The highest BCUT2D eigenvalue weighted by atomic mass is 32.1. The molecule has 2 aliphatic heterocycles. The first-order valence-electron chi connectivity index (χ1n) is 6.85. The van der Waals surface area contributed by atoms with Gasteiger partial charge >= 0.3 is 0 Å². The van der Waals surface area contributed by atoms with Crippen molar-refractivity contribution in [2.24, 2.45) is 0 Å². The summed E-state index contributed by atoms with van der Waals surface area (Å²) in [5, 5.41) is 0.864. The topological polar surface area (TPSA) is 62.1 Å². The van der Waals surface area contributed by atoms with Crippen LogP contribution in [-0.2, 0) is 0 Å². The average Bonchev–Trinajstić information content (AvgIpc) is 2.46. The first-order valence-corrected chi connectivity index (χ1v) is 7.26. The molecule has 0 unspecified atom stereocenters. The summed E-state index contributed by atoms with van der Waals surface area (Å²) in [6.07, 6.45) is 0. The van der Waals surface area contributed by atoms with Crippen LogP contribution in [0.15, 0.2) is 33.5 Å². The largest absolute Gasteiger partial charge is 0.437 e. The molecule has 0 saturated heterocycles. The maximum atomic E-state index is 11.9. The second-order valence-electron chi connectivity index (χ2n) is 4.73. The lowest BCUT2D eigenvalue weighted by Gasteiger charge is -2.21. The third kappa shape index (κ3) is 2.42. The van der Waals surface area contributed by atoms with E-state index in [0.29, 0.717) is 11.1 Å². The molecule has 3 rings (SSSR count). The van der Waals surface area contributed by atoms with Crippen molar-refractivity contribution >= 4 is 28.9 Å². The van der Waals surface area contributed by atoms with Crippen molar-refractivity contribution in [2.45, 2.75) is 13.8 Å². The van der Waals surface area contributed by atoms with Crippen LogP contribution in [0.5, 0.6) is 0 Å². The summed E-state index contributed by atoms with van der Waals surface area (Å²) < 4.78 is 5.90. The molecule has 2 aliphatic rings. The minimum atomic E-state index is -0.275. The monoisotopic (exact) mass is 301 g/mol. The summed E-state index contributed by atoms with van der Waals surface area (Å²) in [5.74, 6) is 0.271. The third-order valence-electron chi connectivity index (χ3n) is 3.53. The zero-order valence-corrected chi connectivity index (χ0v) is 12.7. The summed E-state index contributed by atoms with van der Waals surface area (Å²) in [6, 6.07) is 7.72. The Morgan fingerprint density at radius 3 is 2.76 bits per heavy atom. The van der Waals surface area contributed by atoms with E-state index in [0.717, 1.165) is 24.2 Å². The van der Waals surface area contributed by atoms with Crippen LogP contribution in [0.1, 0.15) is 13.8 Å². The lowest BCUT2D eigenvalue weighted by Crippen LogP contribution is -2.21. The first-order chi connectivity index (χ1) is 10.1. The average molecular weight is 301 g/mol. The van der Waals surface area contributed by atoms with Crippen molar-refractivity contribution in [3.05, 3.63) is 39.4 Å². The van der Waals surface area contributed by atoms with Crippen molar-refractivity contribution in [2.75, 3.05) is 18.0 Å². The van der Waals surface area contributed by atoms with Crippen molar-refractivity contribution in [1.82, 2.24) is 9.97 Å². The quantitative estimate of drug-likeness (QED) is 0.594. The van der Waals surface area contributed by atoms with E-state index in [4.69, 9.17) is 16.6 Å². The van der Waals surface area contributed by atoms with Crippen LogP contribution in [-0.4, -0.2) is 23.1 Å². The zero-order chi connectivity index (χ0) is 15.0. The van der Waals surface area contributed by atoms with Gasteiger partial charge in [-0.15, -0.1) is 0 Å². The van der Waals surface area contributed by atoms with Gasteiger partial charge in [-0.2, -0.15) is 4.98 Å². The Balaban J connectivity index is 2.27. The summed E-state index contributed by atoms with van der Waals surface area (Å²) in [6.45, 7) is 6.05. The number of fused-ring (bicyclic) bond motifs is 2. The Morgan fingerprint density at radius 1 is 1.29 bits per heavy atom. The summed E-state index contributed by atoms with van der Waals surface area (Å²) in [7, 11) is 0. The van der Waals surface area contributed by atoms with E-state index in [1.165, 1.54) is 0 Å². The van der Waals surface area contributed by atoms with Gasteiger partial charge in [0, 0.05) is 30.2 Å². The normalized spacial score (nSPS) is 11.1. The van der Waals surface area contributed by atoms with Crippen molar-refractivity contribution in [3.63, 3.8) is 0 Å². The molecule has 5 nitrogen and oxygen atoms in total. The molecule has 0 aliphatic carbocycles. The molecular weight excluding hydrogens is 286 g/mol. The summed E-state index contributed by atoms with van der Waals surface area (Å²) >= 11 is 4.92. The molecule has 2 heterocycles. The fourth-order valence-corrected chi connectivity index (χ4v) is 2.60. The van der Waals surface area contributed by atoms with Gasteiger partial charge < -0.3 is 9.32 Å². The number of rotatable bonds is 3. The maximum absolute atomic E-state index is 11.9. The number of aromatic nitrogens is 2. The van der Waals surface area contributed by atoms with Crippen molar-refractivity contribution in [1.29, 1.82) is 0 Å². The SMILES string of the molecule is CCN(CC)c1ccc2cc3c(=O)[nH]c(=S)nc-3oc2c1. The highest BCUT2D eigenvalue weighted by molar-refractivity contribution is 7.71. The van der Waals surface area contributed by atoms with Gasteiger partial charge in [0.05, 0.1) is 0 Å². The number of aromatic amines is 1. The second-order valence-corrected chi connectivity index (χ2v) is 5.12. The molecule has 0 bridgehead atoms. The van der Waals surface area contributed by atoms with Crippen LogP contribution in [0.2, 0.25) is 0 Å². The van der Waals surface area contributed by atoms with Gasteiger partial charge in [-0.05, 0) is 44.3 Å². The molecule has 1 aromatic carbocycles. The summed E-state index contributed by atoms with van der Waals surface area (Å²) in [4.78, 5) is 20.7. The number of hydrogen-bond donors (Lipinski definition) is 1. The molecule has 0 fully saturated rings. The molecule has 0 atom stereocenters. The smallest absolute Gasteiger partial charge is 0.262 e.